The lowest BCUT2D eigenvalue weighted by Gasteiger charge is -2.16. The molecule has 1 aliphatic heterocycles. The fraction of sp³-hybridized carbons (Fsp3) is 0.148. The third-order valence-corrected chi connectivity index (χ3v) is 6.46. The molecule has 3 aromatic carbocycles. The molecule has 2 N–H and O–H groups in total. The Morgan fingerprint density at radius 3 is 2.24 bits per heavy atom. The van der Waals surface area contributed by atoms with Crippen molar-refractivity contribution in [3.05, 3.63) is 99.2 Å². The quantitative estimate of drug-likeness (QED) is 0.313. The molecule has 0 aromatic heterocycles. The van der Waals surface area contributed by atoms with Gasteiger partial charge in [0.2, 0.25) is 0 Å². The molecule has 196 valence electrons. The van der Waals surface area contributed by atoms with Crippen LogP contribution < -0.4 is 15.5 Å². The van der Waals surface area contributed by atoms with E-state index < -0.39 is 29.5 Å². The maximum atomic E-state index is 13.1. The molecule has 0 aliphatic carbocycles. The molecule has 4 rings (SSSR count). The van der Waals surface area contributed by atoms with Crippen LogP contribution in [0.2, 0.25) is 5.02 Å². The molecule has 0 fully saturated rings. The van der Waals surface area contributed by atoms with Gasteiger partial charge in [-0.3, -0.25) is 14.4 Å². The molecule has 0 saturated carbocycles. The van der Waals surface area contributed by atoms with Gasteiger partial charge in [-0.2, -0.15) is 13.2 Å². The molecule has 38 heavy (non-hydrogen) atoms. The summed E-state index contributed by atoms with van der Waals surface area (Å²) in [7, 11) is 0. The summed E-state index contributed by atoms with van der Waals surface area (Å²) in [6.45, 7) is 4.04. The lowest BCUT2D eigenvalue weighted by Crippen LogP contribution is -2.32. The molecule has 1 heterocycles. The van der Waals surface area contributed by atoms with Crippen LogP contribution in [-0.2, 0) is 15.8 Å². The van der Waals surface area contributed by atoms with Gasteiger partial charge in [-0.15, -0.1) is 0 Å². The predicted molar refractivity (Wildman–Crippen MR) is 140 cm³/mol. The monoisotopic (exact) mass is 561 g/mol. The molecule has 0 radical (unpaired) electrons. The number of hydrogen-bond donors (Lipinski definition) is 2. The first-order chi connectivity index (χ1) is 17.9. The number of hydrogen-bond acceptors (Lipinski definition) is 4. The Bertz CT molecular complexity index is 1470. The van der Waals surface area contributed by atoms with Gasteiger partial charge in [-0.1, -0.05) is 55.2 Å². The van der Waals surface area contributed by atoms with Gasteiger partial charge < -0.3 is 10.6 Å². The van der Waals surface area contributed by atoms with Gasteiger partial charge >= 0.3 is 6.18 Å². The van der Waals surface area contributed by atoms with Crippen LogP contribution in [0.5, 0.6) is 0 Å². The highest BCUT2D eigenvalue weighted by atomic mass is 35.5. The van der Waals surface area contributed by atoms with Crippen molar-refractivity contribution >= 4 is 58.0 Å². The van der Waals surface area contributed by atoms with Gasteiger partial charge in [0.15, 0.2) is 0 Å². The third kappa shape index (κ3) is 5.54. The van der Waals surface area contributed by atoms with Crippen LogP contribution >= 0.6 is 23.2 Å². The van der Waals surface area contributed by atoms with E-state index in [-0.39, 0.29) is 38.6 Å². The second-order valence-corrected chi connectivity index (χ2v) is 9.52. The molecule has 3 aromatic rings. The number of rotatable bonds is 6. The number of imide groups is 1. The van der Waals surface area contributed by atoms with Crippen LogP contribution in [0.15, 0.2) is 77.5 Å². The summed E-state index contributed by atoms with van der Waals surface area (Å²) in [6, 6.07) is 15.3. The highest BCUT2D eigenvalue weighted by molar-refractivity contribution is 6.53. The van der Waals surface area contributed by atoms with E-state index in [4.69, 9.17) is 23.2 Å². The topological polar surface area (TPSA) is 78.5 Å². The fourth-order valence-corrected chi connectivity index (χ4v) is 4.11. The molecular formula is C27H20Cl2F3N3O3. The molecule has 0 bridgehead atoms. The minimum absolute atomic E-state index is 0.0538. The minimum Gasteiger partial charge on any atom is -0.350 e. The zero-order valence-corrected chi connectivity index (χ0v) is 21.5. The van der Waals surface area contributed by atoms with Crippen LogP contribution in [0.4, 0.5) is 30.2 Å². The van der Waals surface area contributed by atoms with E-state index in [0.29, 0.717) is 5.69 Å². The Morgan fingerprint density at radius 1 is 0.921 bits per heavy atom. The van der Waals surface area contributed by atoms with Crippen molar-refractivity contribution in [2.45, 2.75) is 25.9 Å². The Labute approximate surface area is 226 Å². The van der Waals surface area contributed by atoms with E-state index in [9.17, 15) is 27.6 Å². The SMILES string of the molecule is CC(C)c1ccc(N2C(=O)C(Cl)=C(Nc3cccc(C(=O)Nc4cc(C(F)(F)F)ccc4Cl)c3)C2=O)cc1. The van der Waals surface area contributed by atoms with Gasteiger partial charge in [-0.05, 0) is 60.0 Å². The number of nitrogens with zero attached hydrogens (tertiary/aromatic N) is 1. The molecule has 6 nitrogen and oxygen atoms in total. The summed E-state index contributed by atoms with van der Waals surface area (Å²) in [5, 5.41) is 4.74. The Kier molecular flexibility index (Phi) is 7.53. The van der Waals surface area contributed by atoms with Crippen LogP contribution in [0, 0.1) is 0 Å². The van der Waals surface area contributed by atoms with Crippen molar-refractivity contribution in [3.8, 4) is 0 Å². The fourth-order valence-electron chi connectivity index (χ4n) is 3.73. The van der Waals surface area contributed by atoms with Crippen molar-refractivity contribution < 1.29 is 27.6 Å². The summed E-state index contributed by atoms with van der Waals surface area (Å²) in [5.74, 6) is -1.86. The second kappa shape index (κ2) is 10.5. The van der Waals surface area contributed by atoms with E-state index in [0.717, 1.165) is 28.7 Å². The summed E-state index contributed by atoms with van der Waals surface area (Å²) in [4.78, 5) is 39.5. The maximum absolute atomic E-state index is 13.1. The van der Waals surface area contributed by atoms with Crippen LogP contribution in [0.3, 0.4) is 0 Å². The highest BCUT2D eigenvalue weighted by Crippen LogP contribution is 2.34. The largest absolute Gasteiger partial charge is 0.416 e. The number of amides is 3. The molecule has 0 saturated heterocycles. The van der Waals surface area contributed by atoms with E-state index in [2.05, 4.69) is 10.6 Å². The molecule has 0 spiro atoms. The number of anilines is 3. The van der Waals surface area contributed by atoms with Crippen molar-refractivity contribution in [3.63, 3.8) is 0 Å². The zero-order valence-electron chi connectivity index (χ0n) is 20.0. The molecular weight excluding hydrogens is 542 g/mol. The summed E-state index contributed by atoms with van der Waals surface area (Å²) in [5.41, 5.74) is 0.325. The highest BCUT2D eigenvalue weighted by Gasteiger charge is 2.39. The number of carbonyl (C=O) groups is 3. The molecule has 11 heteroatoms. The molecule has 0 unspecified atom stereocenters. The predicted octanol–water partition coefficient (Wildman–Crippen LogP) is 7.17. The van der Waals surface area contributed by atoms with Crippen molar-refractivity contribution in [1.82, 2.24) is 0 Å². The molecule has 3 amide bonds. The second-order valence-electron chi connectivity index (χ2n) is 8.73. The number of benzene rings is 3. The lowest BCUT2D eigenvalue weighted by atomic mass is 10.0. The van der Waals surface area contributed by atoms with E-state index in [1.54, 1.807) is 12.1 Å². The van der Waals surface area contributed by atoms with Crippen LogP contribution in [0.1, 0.15) is 41.3 Å². The summed E-state index contributed by atoms with van der Waals surface area (Å²) >= 11 is 12.2. The van der Waals surface area contributed by atoms with Crippen LogP contribution in [-0.4, -0.2) is 17.7 Å². The summed E-state index contributed by atoms with van der Waals surface area (Å²) < 4.78 is 39.1. The smallest absolute Gasteiger partial charge is 0.350 e. The number of halogens is 5. The standard InChI is InChI=1S/C27H20Cl2F3N3O3/c1-14(2)15-6-9-19(10-7-15)35-25(37)22(29)23(26(35)38)33-18-5-3-4-16(12-18)24(36)34-21-13-17(27(30,31)32)8-11-20(21)28/h3-14,33H,1-2H3,(H,34,36). The van der Waals surface area contributed by atoms with Crippen molar-refractivity contribution in [1.29, 1.82) is 0 Å². The zero-order chi connectivity index (χ0) is 27.8. The Morgan fingerprint density at radius 2 is 1.61 bits per heavy atom. The third-order valence-electron chi connectivity index (χ3n) is 5.78. The minimum atomic E-state index is -4.61. The molecule has 0 atom stereocenters. The average Bonchev–Trinajstić information content (AvgIpc) is 3.07. The normalized spacial score (nSPS) is 13.9. The lowest BCUT2D eigenvalue weighted by molar-refractivity contribution is -0.137. The molecule has 1 aliphatic rings. The van der Waals surface area contributed by atoms with E-state index in [1.165, 1.54) is 24.3 Å². The van der Waals surface area contributed by atoms with Gasteiger partial charge in [0, 0.05) is 11.3 Å². The maximum Gasteiger partial charge on any atom is 0.416 e. The first-order valence-corrected chi connectivity index (χ1v) is 12.1. The summed E-state index contributed by atoms with van der Waals surface area (Å²) in [6.07, 6.45) is -4.61. The van der Waals surface area contributed by atoms with Crippen molar-refractivity contribution in [2.75, 3.05) is 15.5 Å². The Hall–Kier alpha value is -3.82. The Balaban J connectivity index is 1.53. The van der Waals surface area contributed by atoms with Gasteiger partial charge in [-0.25, -0.2) is 4.90 Å². The van der Waals surface area contributed by atoms with Gasteiger partial charge in [0.25, 0.3) is 17.7 Å². The van der Waals surface area contributed by atoms with Gasteiger partial charge in [0.1, 0.15) is 10.7 Å². The first-order valence-electron chi connectivity index (χ1n) is 11.3. The van der Waals surface area contributed by atoms with Gasteiger partial charge in [0.05, 0.1) is 22.0 Å². The number of nitrogens with one attached hydrogen (secondary N) is 2. The average molecular weight is 562 g/mol. The first kappa shape index (κ1) is 27.2. The number of carbonyl (C=O) groups excluding carboxylic acids is 3. The van der Waals surface area contributed by atoms with E-state index >= 15 is 0 Å². The van der Waals surface area contributed by atoms with E-state index in [1.807, 2.05) is 26.0 Å². The van der Waals surface area contributed by atoms with Crippen molar-refractivity contribution in [2.24, 2.45) is 0 Å². The van der Waals surface area contributed by atoms with Crippen LogP contribution in [0.25, 0.3) is 0 Å². The number of alkyl halides is 3.